The van der Waals surface area contributed by atoms with E-state index < -0.39 is 0 Å². The third kappa shape index (κ3) is 4.59. The van der Waals surface area contributed by atoms with Crippen molar-refractivity contribution in [3.8, 4) is 0 Å². The fourth-order valence-corrected chi connectivity index (χ4v) is 2.72. The Hall–Kier alpha value is -1.82. The monoisotopic (exact) mass is 327 g/mol. The zero-order valence-corrected chi connectivity index (χ0v) is 13.7. The molecule has 1 heterocycles. The maximum Gasteiger partial charge on any atom is 0.223 e. The van der Waals surface area contributed by atoms with Crippen molar-refractivity contribution >= 4 is 30.0 Å². The molecule has 0 radical (unpaired) electrons. The van der Waals surface area contributed by atoms with Crippen LogP contribution in [0.1, 0.15) is 33.1 Å². The van der Waals surface area contributed by atoms with Crippen molar-refractivity contribution in [3.63, 3.8) is 0 Å². The van der Waals surface area contributed by atoms with Crippen molar-refractivity contribution in [2.24, 2.45) is 21.5 Å². The fourth-order valence-electron chi connectivity index (χ4n) is 2.72. The van der Waals surface area contributed by atoms with Crippen LogP contribution in [0.25, 0.3) is 0 Å². The van der Waals surface area contributed by atoms with Crippen molar-refractivity contribution in [1.82, 2.24) is 4.90 Å². The van der Waals surface area contributed by atoms with Crippen LogP contribution >= 0.6 is 12.4 Å². The molecule has 1 aromatic rings. The van der Waals surface area contributed by atoms with Crippen molar-refractivity contribution in [1.29, 1.82) is 0 Å². The van der Waals surface area contributed by atoms with Crippen LogP contribution in [-0.4, -0.2) is 28.9 Å². The summed E-state index contributed by atoms with van der Waals surface area (Å²) in [7, 11) is 0. The molecule has 1 aliphatic rings. The number of hydrogen-bond acceptors (Lipinski definition) is 1. The minimum absolute atomic E-state index is 0. The Balaban J connectivity index is 0.00000242. The van der Waals surface area contributed by atoms with E-state index in [1.54, 1.807) is 12.1 Å². The van der Waals surface area contributed by atoms with E-state index in [0.29, 0.717) is 23.7 Å². The summed E-state index contributed by atoms with van der Waals surface area (Å²) in [6, 6.07) is 6.43. The van der Waals surface area contributed by atoms with E-state index in [1.165, 1.54) is 18.6 Å². The van der Waals surface area contributed by atoms with E-state index in [2.05, 4.69) is 28.7 Å². The zero-order valence-electron chi connectivity index (χ0n) is 12.9. The average Bonchev–Trinajstić information content (AvgIpc) is 2.41. The van der Waals surface area contributed by atoms with Crippen LogP contribution in [0.5, 0.6) is 0 Å². The summed E-state index contributed by atoms with van der Waals surface area (Å²) in [6.07, 6.45) is 3.39. The maximum atomic E-state index is 12.8. The standard InChI is InChI=1S/C15H22FN5.ClH/c1-10-4-3-5-11(2)21(10)15(18)20-14(17)19-13-8-6-12(16)7-9-13;/h6-11H,3-5H2,1-2H3,(H4,17,18,19,20);1H. The Kier molecular flexibility index (Phi) is 6.61. The number of nitrogens with two attached hydrogens (primary N) is 2. The van der Waals surface area contributed by atoms with Crippen molar-refractivity contribution in [2.75, 3.05) is 0 Å². The molecule has 1 aliphatic heterocycles. The lowest BCUT2D eigenvalue weighted by Crippen LogP contribution is -2.51. The van der Waals surface area contributed by atoms with E-state index in [1.807, 2.05) is 0 Å². The molecular weight excluding hydrogens is 305 g/mol. The van der Waals surface area contributed by atoms with Crippen LogP contribution in [0.4, 0.5) is 10.1 Å². The average molecular weight is 328 g/mol. The predicted octanol–water partition coefficient (Wildman–Crippen LogP) is 2.77. The second-order valence-electron chi connectivity index (χ2n) is 5.45. The number of nitrogens with zero attached hydrogens (tertiary/aromatic N) is 3. The smallest absolute Gasteiger partial charge is 0.223 e. The number of hydrogen-bond donors (Lipinski definition) is 2. The van der Waals surface area contributed by atoms with Gasteiger partial charge in [-0.15, -0.1) is 12.4 Å². The Morgan fingerprint density at radius 3 is 2.23 bits per heavy atom. The second kappa shape index (κ2) is 7.98. The molecule has 2 atom stereocenters. The maximum absolute atomic E-state index is 12.8. The number of halogens is 2. The molecule has 1 saturated heterocycles. The highest BCUT2D eigenvalue weighted by atomic mass is 35.5. The van der Waals surface area contributed by atoms with Gasteiger partial charge >= 0.3 is 0 Å². The number of aliphatic imine (C=N–C) groups is 2. The molecule has 0 spiro atoms. The Morgan fingerprint density at radius 1 is 1.14 bits per heavy atom. The third-order valence-electron chi connectivity index (χ3n) is 3.76. The highest BCUT2D eigenvalue weighted by molar-refractivity contribution is 5.94. The van der Waals surface area contributed by atoms with Gasteiger partial charge in [0.05, 0.1) is 5.69 Å². The summed E-state index contributed by atoms with van der Waals surface area (Å²) in [6.45, 7) is 4.26. The summed E-state index contributed by atoms with van der Waals surface area (Å²) in [4.78, 5) is 10.4. The van der Waals surface area contributed by atoms with E-state index in [9.17, 15) is 4.39 Å². The molecule has 5 nitrogen and oxygen atoms in total. The Bertz CT molecular complexity index is 533. The molecule has 0 bridgehead atoms. The third-order valence-corrected chi connectivity index (χ3v) is 3.76. The molecule has 0 aliphatic carbocycles. The summed E-state index contributed by atoms with van der Waals surface area (Å²) < 4.78 is 12.8. The van der Waals surface area contributed by atoms with Gasteiger partial charge in [-0.1, -0.05) is 0 Å². The minimum atomic E-state index is -0.313. The molecule has 1 fully saturated rings. The van der Waals surface area contributed by atoms with Crippen molar-refractivity contribution in [2.45, 2.75) is 45.2 Å². The molecule has 1 aromatic carbocycles. The molecular formula is C15H23ClFN5. The van der Waals surface area contributed by atoms with E-state index >= 15 is 0 Å². The van der Waals surface area contributed by atoms with Gasteiger partial charge in [-0.3, -0.25) is 0 Å². The Morgan fingerprint density at radius 2 is 1.68 bits per heavy atom. The lowest BCUT2D eigenvalue weighted by atomic mass is 9.98. The summed E-state index contributed by atoms with van der Waals surface area (Å²) in [5.74, 6) is 0.147. The molecule has 2 rings (SSSR count). The molecule has 2 unspecified atom stereocenters. The fraction of sp³-hybridized carbons (Fsp3) is 0.467. The quantitative estimate of drug-likeness (QED) is 0.615. The molecule has 7 heteroatoms. The first-order valence-electron chi connectivity index (χ1n) is 7.19. The topological polar surface area (TPSA) is 80.0 Å². The number of benzene rings is 1. The van der Waals surface area contributed by atoms with E-state index in [0.717, 1.165) is 12.8 Å². The van der Waals surface area contributed by atoms with Gasteiger partial charge in [0.25, 0.3) is 0 Å². The number of likely N-dealkylation sites (tertiary alicyclic amines) is 1. The van der Waals surface area contributed by atoms with Crippen LogP contribution in [0.15, 0.2) is 34.3 Å². The molecule has 22 heavy (non-hydrogen) atoms. The van der Waals surface area contributed by atoms with Gasteiger partial charge < -0.3 is 16.4 Å². The van der Waals surface area contributed by atoms with Crippen LogP contribution in [-0.2, 0) is 0 Å². The van der Waals surface area contributed by atoms with Gasteiger partial charge in [0.1, 0.15) is 5.82 Å². The van der Waals surface area contributed by atoms with E-state index in [4.69, 9.17) is 11.5 Å². The highest BCUT2D eigenvalue weighted by Gasteiger charge is 2.26. The molecule has 4 N–H and O–H groups in total. The molecule has 0 amide bonds. The van der Waals surface area contributed by atoms with Crippen LogP contribution < -0.4 is 11.5 Å². The van der Waals surface area contributed by atoms with Crippen LogP contribution in [0.3, 0.4) is 0 Å². The predicted molar refractivity (Wildman–Crippen MR) is 91.2 cm³/mol. The summed E-state index contributed by atoms with van der Waals surface area (Å²) >= 11 is 0. The summed E-state index contributed by atoms with van der Waals surface area (Å²) in [5, 5.41) is 0. The largest absolute Gasteiger partial charge is 0.369 e. The van der Waals surface area contributed by atoms with Crippen LogP contribution in [0, 0.1) is 5.82 Å². The SMILES string of the molecule is CC1CCCC(C)N1C(N)=NC(N)=Nc1ccc(F)cc1.Cl. The van der Waals surface area contributed by atoms with E-state index in [-0.39, 0.29) is 24.2 Å². The molecule has 122 valence electrons. The van der Waals surface area contributed by atoms with Gasteiger partial charge in [0.2, 0.25) is 5.96 Å². The number of guanidine groups is 2. The first kappa shape index (κ1) is 18.2. The first-order valence-corrected chi connectivity index (χ1v) is 7.19. The lowest BCUT2D eigenvalue weighted by Gasteiger charge is -2.39. The van der Waals surface area contributed by atoms with Crippen molar-refractivity contribution < 1.29 is 4.39 Å². The van der Waals surface area contributed by atoms with Gasteiger partial charge in [0, 0.05) is 12.1 Å². The molecule has 0 saturated carbocycles. The lowest BCUT2D eigenvalue weighted by molar-refractivity contribution is 0.189. The normalized spacial score (nSPS) is 23.1. The van der Waals surface area contributed by atoms with Gasteiger partial charge in [-0.05, 0) is 57.4 Å². The number of piperidine rings is 1. The first-order chi connectivity index (χ1) is 9.97. The Labute approximate surface area is 136 Å². The van der Waals surface area contributed by atoms with Gasteiger partial charge in [-0.2, -0.15) is 4.99 Å². The summed E-state index contributed by atoms with van der Waals surface area (Å²) in [5.41, 5.74) is 12.4. The van der Waals surface area contributed by atoms with Crippen LogP contribution in [0.2, 0.25) is 0 Å². The van der Waals surface area contributed by atoms with Gasteiger partial charge in [0.15, 0.2) is 5.96 Å². The van der Waals surface area contributed by atoms with Gasteiger partial charge in [-0.25, -0.2) is 9.38 Å². The highest BCUT2D eigenvalue weighted by Crippen LogP contribution is 2.22. The van der Waals surface area contributed by atoms with Crippen molar-refractivity contribution in [3.05, 3.63) is 30.1 Å². The number of rotatable bonds is 1. The minimum Gasteiger partial charge on any atom is -0.369 e. The second-order valence-corrected chi connectivity index (χ2v) is 5.45. The molecule has 0 aromatic heterocycles. The zero-order chi connectivity index (χ0) is 15.4.